The van der Waals surface area contributed by atoms with Crippen LogP contribution in [-0.4, -0.2) is 18.0 Å². The number of alkyl halides is 2. The number of nitrogens with two attached hydrogens (primary N) is 2. The van der Waals surface area contributed by atoms with E-state index in [9.17, 15) is 8.78 Å². The van der Waals surface area contributed by atoms with E-state index >= 15 is 0 Å². The molecule has 1 aliphatic carbocycles. The van der Waals surface area contributed by atoms with Gasteiger partial charge in [-0.3, -0.25) is 0 Å². The predicted molar refractivity (Wildman–Crippen MR) is 46.5 cm³/mol. The average molecular weight is 191 g/mol. The van der Waals surface area contributed by atoms with Crippen molar-refractivity contribution in [2.75, 3.05) is 7.05 Å². The number of hydrogen-bond acceptors (Lipinski definition) is 3. The van der Waals surface area contributed by atoms with Gasteiger partial charge in [-0.05, 0) is 0 Å². The number of hydrogen-bond donors (Lipinski definition) is 2. The molecule has 1 aliphatic rings. The van der Waals surface area contributed by atoms with Crippen LogP contribution in [0.5, 0.6) is 0 Å². The van der Waals surface area contributed by atoms with Crippen molar-refractivity contribution in [1.82, 2.24) is 5.01 Å². The minimum Gasteiger partial charge on any atom is -0.400 e. The lowest BCUT2D eigenvalue weighted by molar-refractivity contribution is -0.139. The molecule has 0 unspecified atom stereocenters. The van der Waals surface area contributed by atoms with Crippen LogP contribution in [-0.2, 0) is 0 Å². The lowest BCUT2D eigenvalue weighted by atomic mass is 9.65. The molecule has 1 saturated carbocycles. The quantitative estimate of drug-likeness (QED) is 0.506. The number of nitrogens with zero attached hydrogens (tertiary/aromatic N) is 1. The molecule has 4 N–H and O–H groups in total. The van der Waals surface area contributed by atoms with Crippen molar-refractivity contribution in [2.24, 2.45) is 17.0 Å². The van der Waals surface area contributed by atoms with Gasteiger partial charge < -0.3 is 10.7 Å². The standard InChI is InChI=1S/C8H15F2N3/c1-7(4-8(9,10)5-7)6(11)3-13(2)12/h3H,4-5,11-12H2,1-2H3/b6-3-. The zero-order valence-corrected chi connectivity index (χ0v) is 7.85. The molecule has 0 bridgehead atoms. The van der Waals surface area contributed by atoms with Crippen LogP contribution in [0.15, 0.2) is 11.9 Å². The molecular weight excluding hydrogens is 176 g/mol. The Labute approximate surface area is 76.3 Å². The third-order valence-electron chi connectivity index (χ3n) is 2.34. The van der Waals surface area contributed by atoms with Crippen LogP contribution in [0.2, 0.25) is 0 Å². The fourth-order valence-corrected chi connectivity index (χ4v) is 1.67. The Hall–Kier alpha value is -0.840. The summed E-state index contributed by atoms with van der Waals surface area (Å²) in [4.78, 5) is 0. The average Bonchev–Trinajstić information content (AvgIpc) is 1.80. The van der Waals surface area contributed by atoms with Gasteiger partial charge in [0.1, 0.15) is 0 Å². The van der Waals surface area contributed by atoms with Crippen molar-refractivity contribution in [3.63, 3.8) is 0 Å². The summed E-state index contributed by atoms with van der Waals surface area (Å²) in [5.74, 6) is 2.77. The van der Waals surface area contributed by atoms with Gasteiger partial charge in [0.2, 0.25) is 5.92 Å². The molecule has 0 atom stereocenters. The molecule has 5 heteroatoms. The number of rotatable bonds is 2. The van der Waals surface area contributed by atoms with Crippen molar-refractivity contribution in [1.29, 1.82) is 0 Å². The third kappa shape index (κ3) is 2.09. The highest BCUT2D eigenvalue weighted by Gasteiger charge is 2.55. The number of hydrazine groups is 1. The molecule has 0 heterocycles. The van der Waals surface area contributed by atoms with E-state index in [2.05, 4.69) is 0 Å². The maximum Gasteiger partial charge on any atom is 0.250 e. The fraction of sp³-hybridized carbons (Fsp3) is 0.750. The summed E-state index contributed by atoms with van der Waals surface area (Å²) >= 11 is 0. The molecule has 0 aromatic rings. The summed E-state index contributed by atoms with van der Waals surface area (Å²) in [6.45, 7) is 1.72. The Morgan fingerprint density at radius 2 is 1.92 bits per heavy atom. The van der Waals surface area contributed by atoms with E-state index in [1.54, 1.807) is 14.0 Å². The summed E-state index contributed by atoms with van der Waals surface area (Å²) < 4.78 is 25.2. The molecule has 76 valence electrons. The molecule has 0 aromatic carbocycles. The van der Waals surface area contributed by atoms with Crippen molar-refractivity contribution in [3.05, 3.63) is 11.9 Å². The molecule has 0 spiro atoms. The molecule has 0 aromatic heterocycles. The normalized spacial score (nSPS) is 25.2. The van der Waals surface area contributed by atoms with Gasteiger partial charge in [-0.25, -0.2) is 14.6 Å². The van der Waals surface area contributed by atoms with Crippen LogP contribution in [0, 0.1) is 5.41 Å². The van der Waals surface area contributed by atoms with Gasteiger partial charge in [0.25, 0.3) is 0 Å². The molecule has 0 aliphatic heterocycles. The molecular formula is C8H15F2N3. The van der Waals surface area contributed by atoms with Gasteiger partial charge in [-0.2, -0.15) is 0 Å². The van der Waals surface area contributed by atoms with E-state index in [0.29, 0.717) is 5.70 Å². The Bertz CT molecular complexity index is 228. The van der Waals surface area contributed by atoms with Crippen LogP contribution in [0.1, 0.15) is 19.8 Å². The Balaban J connectivity index is 2.64. The lowest BCUT2D eigenvalue weighted by Crippen LogP contribution is -2.47. The van der Waals surface area contributed by atoms with Crippen molar-refractivity contribution in [2.45, 2.75) is 25.7 Å². The lowest BCUT2D eigenvalue weighted by Gasteiger charge is -2.45. The van der Waals surface area contributed by atoms with Crippen molar-refractivity contribution in [3.8, 4) is 0 Å². The fourth-order valence-electron chi connectivity index (χ4n) is 1.67. The number of halogens is 2. The summed E-state index contributed by atoms with van der Waals surface area (Å²) in [7, 11) is 1.60. The van der Waals surface area contributed by atoms with E-state index < -0.39 is 11.3 Å². The van der Waals surface area contributed by atoms with Crippen LogP contribution in [0.4, 0.5) is 8.78 Å². The van der Waals surface area contributed by atoms with Crippen LogP contribution < -0.4 is 11.6 Å². The van der Waals surface area contributed by atoms with E-state index in [-0.39, 0.29) is 12.8 Å². The highest BCUT2D eigenvalue weighted by molar-refractivity contribution is 5.16. The smallest absolute Gasteiger partial charge is 0.250 e. The first-order valence-corrected chi connectivity index (χ1v) is 4.08. The van der Waals surface area contributed by atoms with E-state index in [0.717, 1.165) is 0 Å². The first-order chi connectivity index (χ1) is 5.75. The van der Waals surface area contributed by atoms with Crippen LogP contribution >= 0.6 is 0 Å². The Morgan fingerprint density at radius 1 is 1.46 bits per heavy atom. The predicted octanol–water partition coefficient (Wildman–Crippen LogP) is 1.03. The second-order valence-electron chi connectivity index (χ2n) is 4.02. The SMILES string of the molecule is CN(N)/C=C(\N)C1(C)CC(F)(F)C1. The molecule has 1 fully saturated rings. The van der Waals surface area contributed by atoms with Gasteiger partial charge in [-0.1, -0.05) is 6.92 Å². The van der Waals surface area contributed by atoms with E-state index in [1.807, 2.05) is 0 Å². The zero-order chi connectivity index (χ0) is 10.3. The van der Waals surface area contributed by atoms with Gasteiger partial charge in [0.15, 0.2) is 0 Å². The van der Waals surface area contributed by atoms with Crippen molar-refractivity contribution < 1.29 is 8.78 Å². The molecule has 0 saturated heterocycles. The largest absolute Gasteiger partial charge is 0.400 e. The molecule has 0 amide bonds. The monoisotopic (exact) mass is 191 g/mol. The van der Waals surface area contributed by atoms with Crippen LogP contribution in [0.25, 0.3) is 0 Å². The van der Waals surface area contributed by atoms with Gasteiger partial charge in [0.05, 0.1) is 0 Å². The van der Waals surface area contributed by atoms with Crippen LogP contribution in [0.3, 0.4) is 0 Å². The highest BCUT2D eigenvalue weighted by atomic mass is 19.3. The maximum absolute atomic E-state index is 12.6. The second kappa shape index (κ2) is 2.83. The first kappa shape index (κ1) is 10.2. The summed E-state index contributed by atoms with van der Waals surface area (Å²) in [6.07, 6.45) is 1.11. The summed E-state index contributed by atoms with van der Waals surface area (Å²) in [6, 6.07) is 0. The topological polar surface area (TPSA) is 55.3 Å². The van der Waals surface area contributed by atoms with Gasteiger partial charge in [0, 0.05) is 37.2 Å². The highest BCUT2D eigenvalue weighted by Crippen LogP contribution is 2.54. The summed E-state index contributed by atoms with van der Waals surface area (Å²) in [5.41, 5.74) is 5.48. The minimum atomic E-state index is -2.56. The first-order valence-electron chi connectivity index (χ1n) is 4.08. The van der Waals surface area contributed by atoms with E-state index in [1.165, 1.54) is 11.2 Å². The third-order valence-corrected chi connectivity index (χ3v) is 2.34. The second-order valence-corrected chi connectivity index (χ2v) is 4.02. The minimum absolute atomic E-state index is 0.184. The van der Waals surface area contributed by atoms with E-state index in [4.69, 9.17) is 11.6 Å². The molecule has 1 rings (SSSR count). The zero-order valence-electron chi connectivity index (χ0n) is 7.85. The Kier molecular flexibility index (Phi) is 2.23. The van der Waals surface area contributed by atoms with Crippen molar-refractivity contribution >= 4 is 0 Å². The molecule has 13 heavy (non-hydrogen) atoms. The van der Waals surface area contributed by atoms with Gasteiger partial charge in [-0.15, -0.1) is 0 Å². The summed E-state index contributed by atoms with van der Waals surface area (Å²) in [5, 5.41) is 1.27. The molecule has 3 nitrogen and oxygen atoms in total. The van der Waals surface area contributed by atoms with Gasteiger partial charge >= 0.3 is 0 Å². The Morgan fingerprint density at radius 3 is 2.23 bits per heavy atom. The molecule has 0 radical (unpaired) electrons. The number of allylic oxidation sites excluding steroid dienone is 1. The maximum atomic E-state index is 12.6.